The number of nitrogens with zero attached hydrogens (tertiary/aromatic N) is 3. The number of hydrogen-bond acceptors (Lipinski definition) is 3. The first-order valence-corrected chi connectivity index (χ1v) is 7.28. The van der Waals surface area contributed by atoms with Crippen LogP contribution in [-0.2, 0) is 19.5 Å². The van der Waals surface area contributed by atoms with E-state index < -0.39 is 0 Å². The summed E-state index contributed by atoms with van der Waals surface area (Å²) in [6, 6.07) is 6.54. The van der Waals surface area contributed by atoms with E-state index >= 15 is 0 Å². The van der Waals surface area contributed by atoms with Crippen LogP contribution in [0.25, 0.3) is 0 Å². The van der Waals surface area contributed by atoms with E-state index in [1.807, 2.05) is 18.7 Å². The second-order valence-electron chi connectivity index (χ2n) is 5.28. The molecule has 0 unspecified atom stereocenters. The molecule has 106 valence electrons. The molecular weight excluding hydrogens is 250 g/mol. The molecule has 0 N–H and O–H groups in total. The predicted molar refractivity (Wildman–Crippen MR) is 78.6 cm³/mol. The Hall–Kier alpha value is -1.81. The molecule has 2 heterocycles. The van der Waals surface area contributed by atoms with Gasteiger partial charge in [-0.15, -0.1) is 0 Å². The van der Waals surface area contributed by atoms with Crippen LogP contribution in [0.4, 0.5) is 0 Å². The van der Waals surface area contributed by atoms with Crippen molar-refractivity contribution in [2.24, 2.45) is 0 Å². The summed E-state index contributed by atoms with van der Waals surface area (Å²) in [5.41, 5.74) is 2.70. The van der Waals surface area contributed by atoms with E-state index in [1.54, 1.807) is 0 Å². The highest BCUT2D eigenvalue weighted by Gasteiger charge is 2.16. The van der Waals surface area contributed by atoms with E-state index in [0.717, 1.165) is 38.2 Å². The van der Waals surface area contributed by atoms with Crippen LogP contribution in [0.2, 0.25) is 0 Å². The minimum atomic E-state index is 0.697. The molecule has 4 heteroatoms. The average Bonchev–Trinajstić information content (AvgIpc) is 3.00. The van der Waals surface area contributed by atoms with E-state index in [4.69, 9.17) is 4.74 Å². The lowest BCUT2D eigenvalue weighted by molar-refractivity contribution is 0.0930. The second-order valence-corrected chi connectivity index (χ2v) is 5.28. The Balaban J connectivity index is 1.55. The smallest absolute Gasteiger partial charge is 0.142 e. The predicted octanol–water partition coefficient (Wildman–Crippen LogP) is 2.69. The van der Waals surface area contributed by atoms with Crippen LogP contribution in [-0.4, -0.2) is 27.7 Å². The maximum atomic E-state index is 5.83. The third-order valence-electron chi connectivity index (χ3n) is 3.78. The number of rotatable bonds is 5. The van der Waals surface area contributed by atoms with E-state index in [9.17, 15) is 0 Å². The molecule has 0 bridgehead atoms. The van der Waals surface area contributed by atoms with Gasteiger partial charge in [0.2, 0.25) is 0 Å². The summed E-state index contributed by atoms with van der Waals surface area (Å²) in [6.45, 7) is 5.94. The summed E-state index contributed by atoms with van der Waals surface area (Å²) in [5, 5.41) is 0. The number of imidazole rings is 1. The van der Waals surface area contributed by atoms with Gasteiger partial charge in [-0.3, -0.25) is 4.90 Å². The van der Waals surface area contributed by atoms with Crippen LogP contribution in [0.3, 0.4) is 0 Å². The summed E-state index contributed by atoms with van der Waals surface area (Å²) in [6.07, 6.45) is 7.90. The van der Waals surface area contributed by atoms with Crippen molar-refractivity contribution in [3.8, 4) is 5.75 Å². The number of benzene rings is 1. The van der Waals surface area contributed by atoms with E-state index in [-0.39, 0.29) is 0 Å². The van der Waals surface area contributed by atoms with Crippen LogP contribution in [0.15, 0.2) is 36.9 Å². The first-order valence-electron chi connectivity index (χ1n) is 7.28. The van der Waals surface area contributed by atoms with Crippen molar-refractivity contribution in [1.29, 1.82) is 0 Å². The number of hydrogen-bond donors (Lipinski definition) is 0. The van der Waals surface area contributed by atoms with Crippen molar-refractivity contribution in [3.63, 3.8) is 0 Å². The molecule has 0 atom stereocenters. The third kappa shape index (κ3) is 3.02. The van der Waals surface area contributed by atoms with Gasteiger partial charge in [0.15, 0.2) is 0 Å². The minimum absolute atomic E-state index is 0.697. The Morgan fingerprint density at radius 3 is 3.05 bits per heavy atom. The lowest BCUT2D eigenvalue weighted by Crippen LogP contribution is -2.33. The van der Waals surface area contributed by atoms with Gasteiger partial charge in [0, 0.05) is 37.6 Å². The average molecular weight is 271 g/mol. The van der Waals surface area contributed by atoms with Gasteiger partial charge >= 0.3 is 0 Å². The zero-order chi connectivity index (χ0) is 13.8. The molecule has 4 nitrogen and oxygen atoms in total. The van der Waals surface area contributed by atoms with Gasteiger partial charge in [0.1, 0.15) is 12.5 Å². The molecule has 2 aromatic rings. The lowest BCUT2D eigenvalue weighted by Gasteiger charge is -2.29. The highest BCUT2D eigenvalue weighted by molar-refractivity contribution is 5.38. The molecule has 1 aliphatic heterocycles. The molecule has 3 rings (SSSR count). The summed E-state index contributed by atoms with van der Waals surface area (Å²) >= 11 is 0. The number of aryl methyl sites for hydroxylation is 2. The van der Waals surface area contributed by atoms with Crippen molar-refractivity contribution < 1.29 is 4.74 Å². The summed E-state index contributed by atoms with van der Waals surface area (Å²) in [4.78, 5) is 6.42. The van der Waals surface area contributed by atoms with E-state index in [1.165, 1.54) is 11.1 Å². The first-order chi connectivity index (χ1) is 9.85. The molecule has 0 saturated heterocycles. The van der Waals surface area contributed by atoms with Crippen molar-refractivity contribution >= 4 is 0 Å². The zero-order valence-electron chi connectivity index (χ0n) is 12.0. The van der Waals surface area contributed by atoms with Gasteiger partial charge in [-0.2, -0.15) is 0 Å². The Morgan fingerprint density at radius 1 is 1.30 bits per heavy atom. The van der Waals surface area contributed by atoms with Crippen LogP contribution < -0.4 is 4.74 Å². The molecule has 0 radical (unpaired) electrons. The Bertz CT molecular complexity index is 551. The number of fused-ring (bicyclic) bond motifs is 1. The van der Waals surface area contributed by atoms with Gasteiger partial charge in [-0.1, -0.05) is 19.1 Å². The normalized spacial score (nSPS) is 14.8. The molecule has 1 aromatic heterocycles. The summed E-state index contributed by atoms with van der Waals surface area (Å²) < 4.78 is 7.95. The van der Waals surface area contributed by atoms with Gasteiger partial charge in [-0.25, -0.2) is 4.98 Å². The van der Waals surface area contributed by atoms with Gasteiger partial charge < -0.3 is 9.30 Å². The summed E-state index contributed by atoms with van der Waals surface area (Å²) in [7, 11) is 0. The molecular formula is C16H21N3O. The minimum Gasteiger partial charge on any atom is -0.478 e. The van der Waals surface area contributed by atoms with Gasteiger partial charge in [0.05, 0.1) is 6.33 Å². The molecule has 1 aliphatic rings. The Kier molecular flexibility index (Phi) is 4.02. The topological polar surface area (TPSA) is 30.3 Å². The highest BCUT2D eigenvalue weighted by Crippen LogP contribution is 2.26. The van der Waals surface area contributed by atoms with Crippen LogP contribution in [0.5, 0.6) is 5.75 Å². The third-order valence-corrected chi connectivity index (χ3v) is 3.78. The second kappa shape index (κ2) is 6.09. The molecule has 0 spiro atoms. The molecule has 1 aromatic carbocycles. The monoisotopic (exact) mass is 271 g/mol. The Labute approximate surface area is 120 Å². The molecule has 0 saturated carbocycles. The standard InChI is InChI=1S/C16H21N3O/c1-2-14-4-5-16-15(10-14)11-19(13-20-16)8-3-7-18-9-6-17-12-18/h4-6,9-10,12H,2-3,7-8,11,13H2,1H3. The van der Waals surface area contributed by atoms with E-state index in [2.05, 4.69) is 39.6 Å². The molecule has 0 aliphatic carbocycles. The lowest BCUT2D eigenvalue weighted by atomic mass is 10.1. The van der Waals surface area contributed by atoms with Crippen molar-refractivity contribution in [1.82, 2.24) is 14.5 Å². The zero-order valence-corrected chi connectivity index (χ0v) is 12.0. The fourth-order valence-corrected chi connectivity index (χ4v) is 2.60. The van der Waals surface area contributed by atoms with Crippen molar-refractivity contribution in [2.75, 3.05) is 13.3 Å². The fraction of sp³-hybridized carbons (Fsp3) is 0.438. The molecule has 0 amide bonds. The van der Waals surface area contributed by atoms with Crippen molar-refractivity contribution in [3.05, 3.63) is 48.0 Å². The quantitative estimate of drug-likeness (QED) is 0.837. The summed E-state index contributed by atoms with van der Waals surface area (Å²) in [5.74, 6) is 1.05. The van der Waals surface area contributed by atoms with Crippen molar-refractivity contribution in [2.45, 2.75) is 32.9 Å². The largest absolute Gasteiger partial charge is 0.478 e. The highest BCUT2D eigenvalue weighted by atomic mass is 16.5. The maximum absolute atomic E-state index is 5.83. The van der Waals surface area contributed by atoms with Gasteiger partial charge in [-0.05, 0) is 24.5 Å². The molecule has 0 fully saturated rings. The first kappa shape index (κ1) is 13.2. The van der Waals surface area contributed by atoms with Crippen LogP contribution in [0.1, 0.15) is 24.5 Å². The van der Waals surface area contributed by atoms with Crippen LogP contribution in [0, 0.1) is 0 Å². The van der Waals surface area contributed by atoms with Gasteiger partial charge in [0.25, 0.3) is 0 Å². The van der Waals surface area contributed by atoms with Crippen LogP contribution >= 0.6 is 0 Å². The Morgan fingerprint density at radius 2 is 2.25 bits per heavy atom. The fourth-order valence-electron chi connectivity index (χ4n) is 2.60. The SMILES string of the molecule is CCc1ccc2c(c1)CN(CCCn1ccnc1)CO2. The van der Waals surface area contributed by atoms with E-state index in [0.29, 0.717) is 6.73 Å². The molecule has 20 heavy (non-hydrogen) atoms. The number of aromatic nitrogens is 2. The maximum Gasteiger partial charge on any atom is 0.142 e. The number of ether oxygens (including phenoxy) is 1.